The lowest BCUT2D eigenvalue weighted by atomic mass is 9.88. The van der Waals surface area contributed by atoms with Gasteiger partial charge >= 0.3 is 0 Å². The maximum absolute atomic E-state index is 6.17. The first-order chi connectivity index (χ1) is 13.3. The van der Waals surface area contributed by atoms with Crippen LogP contribution < -0.4 is 10.1 Å². The van der Waals surface area contributed by atoms with E-state index < -0.39 is 0 Å². The molecule has 138 valence electrons. The van der Waals surface area contributed by atoms with Crippen molar-refractivity contribution in [3.05, 3.63) is 77.9 Å². The summed E-state index contributed by atoms with van der Waals surface area (Å²) in [6, 6.07) is 23.8. The molecular formula is C24H26N2O. The maximum Gasteiger partial charge on any atom is 0.123 e. The Hall–Kier alpha value is -2.36. The molecule has 1 fully saturated rings. The van der Waals surface area contributed by atoms with Crippen molar-refractivity contribution in [1.82, 2.24) is 10.2 Å². The molecule has 1 N–H and O–H groups in total. The molecule has 0 atom stereocenters. The average Bonchev–Trinajstić information content (AvgIpc) is 2.91. The van der Waals surface area contributed by atoms with Crippen LogP contribution in [0, 0.1) is 0 Å². The van der Waals surface area contributed by atoms with E-state index in [2.05, 4.69) is 76.9 Å². The smallest absolute Gasteiger partial charge is 0.123 e. The van der Waals surface area contributed by atoms with Gasteiger partial charge in [0.2, 0.25) is 0 Å². The van der Waals surface area contributed by atoms with E-state index in [0.717, 1.165) is 51.4 Å². The largest absolute Gasteiger partial charge is 0.491 e. The van der Waals surface area contributed by atoms with Gasteiger partial charge in [-0.05, 0) is 35.2 Å². The van der Waals surface area contributed by atoms with Crippen LogP contribution in [0.15, 0.2) is 66.7 Å². The SMILES string of the molecule is c1ccc2c(c1)CNC1(CCN(Cc3cccc4ccccc34)CC1)CO2. The van der Waals surface area contributed by atoms with Crippen LogP contribution in [0.4, 0.5) is 0 Å². The molecule has 0 saturated carbocycles. The molecule has 3 aromatic rings. The number of nitrogens with zero attached hydrogens (tertiary/aromatic N) is 1. The van der Waals surface area contributed by atoms with Crippen LogP contribution in [0.3, 0.4) is 0 Å². The fourth-order valence-electron chi connectivity index (χ4n) is 4.47. The first-order valence-corrected chi connectivity index (χ1v) is 9.96. The van der Waals surface area contributed by atoms with E-state index in [0.29, 0.717) is 0 Å². The van der Waals surface area contributed by atoms with E-state index in [1.54, 1.807) is 0 Å². The topological polar surface area (TPSA) is 24.5 Å². The van der Waals surface area contributed by atoms with Crippen LogP contribution in [-0.4, -0.2) is 30.1 Å². The minimum atomic E-state index is 0.105. The molecule has 0 amide bonds. The molecule has 2 heterocycles. The fourth-order valence-corrected chi connectivity index (χ4v) is 4.47. The summed E-state index contributed by atoms with van der Waals surface area (Å²) in [5.41, 5.74) is 2.81. The van der Waals surface area contributed by atoms with E-state index in [1.165, 1.54) is 21.9 Å². The molecule has 2 aliphatic rings. The second-order valence-electron chi connectivity index (χ2n) is 7.94. The number of ether oxygens (including phenoxy) is 1. The van der Waals surface area contributed by atoms with Gasteiger partial charge in [-0.1, -0.05) is 60.7 Å². The van der Waals surface area contributed by atoms with Gasteiger partial charge in [-0.15, -0.1) is 0 Å². The fraction of sp³-hybridized carbons (Fsp3) is 0.333. The maximum atomic E-state index is 6.17. The van der Waals surface area contributed by atoms with Crippen LogP contribution in [0.5, 0.6) is 5.75 Å². The van der Waals surface area contributed by atoms with Gasteiger partial charge < -0.3 is 10.1 Å². The molecule has 1 saturated heterocycles. The number of nitrogens with one attached hydrogen (secondary N) is 1. The molecular weight excluding hydrogens is 332 g/mol. The van der Waals surface area contributed by atoms with Gasteiger partial charge in [0.05, 0.1) is 5.54 Å². The normalized spacial score (nSPS) is 19.4. The van der Waals surface area contributed by atoms with Gasteiger partial charge in [-0.25, -0.2) is 0 Å². The van der Waals surface area contributed by atoms with Crippen molar-refractivity contribution < 1.29 is 4.74 Å². The highest BCUT2D eigenvalue weighted by Crippen LogP contribution is 2.30. The van der Waals surface area contributed by atoms with E-state index in [-0.39, 0.29) is 5.54 Å². The van der Waals surface area contributed by atoms with Crippen LogP contribution >= 0.6 is 0 Å². The second kappa shape index (κ2) is 6.99. The number of hydrogen-bond acceptors (Lipinski definition) is 3. The molecule has 3 nitrogen and oxygen atoms in total. The Balaban J connectivity index is 1.27. The second-order valence-corrected chi connectivity index (χ2v) is 7.94. The van der Waals surface area contributed by atoms with Gasteiger partial charge in [0.1, 0.15) is 12.4 Å². The molecule has 5 rings (SSSR count). The summed E-state index contributed by atoms with van der Waals surface area (Å²) in [6.45, 7) is 4.91. The zero-order valence-corrected chi connectivity index (χ0v) is 15.7. The summed E-state index contributed by atoms with van der Waals surface area (Å²) in [5.74, 6) is 1.04. The number of likely N-dealkylation sites (tertiary alicyclic amines) is 1. The highest BCUT2D eigenvalue weighted by Gasteiger charge is 2.36. The summed E-state index contributed by atoms with van der Waals surface area (Å²) < 4.78 is 6.17. The molecule has 0 unspecified atom stereocenters. The first-order valence-electron chi connectivity index (χ1n) is 9.96. The Morgan fingerprint density at radius 3 is 2.59 bits per heavy atom. The molecule has 0 bridgehead atoms. The molecule has 3 aromatic carbocycles. The summed E-state index contributed by atoms with van der Waals surface area (Å²) in [4.78, 5) is 2.59. The standard InChI is InChI=1S/C24H26N2O/c1-3-10-22-19(6-1)8-5-9-21(22)17-26-14-12-24(13-15-26)18-27-23-11-4-2-7-20(23)16-25-24/h1-11,25H,12-18H2. The minimum absolute atomic E-state index is 0.105. The van der Waals surface area contributed by atoms with Gasteiger partial charge in [0, 0.05) is 31.7 Å². The number of benzene rings is 3. The van der Waals surface area contributed by atoms with Crippen molar-refractivity contribution in [2.45, 2.75) is 31.5 Å². The Kier molecular flexibility index (Phi) is 4.35. The van der Waals surface area contributed by atoms with Crippen LogP contribution in [0.1, 0.15) is 24.0 Å². The number of para-hydroxylation sites is 1. The molecule has 3 heteroatoms. The van der Waals surface area contributed by atoms with Crippen molar-refractivity contribution in [2.24, 2.45) is 0 Å². The number of rotatable bonds is 2. The summed E-state index contributed by atoms with van der Waals surface area (Å²) in [7, 11) is 0. The van der Waals surface area contributed by atoms with Crippen molar-refractivity contribution >= 4 is 10.8 Å². The Labute approximate surface area is 161 Å². The quantitative estimate of drug-likeness (QED) is 0.737. The van der Waals surface area contributed by atoms with Gasteiger partial charge in [0.15, 0.2) is 0 Å². The van der Waals surface area contributed by atoms with Crippen LogP contribution in [0.2, 0.25) is 0 Å². The molecule has 2 aliphatic heterocycles. The minimum Gasteiger partial charge on any atom is -0.491 e. The number of piperidine rings is 1. The monoisotopic (exact) mass is 358 g/mol. The Morgan fingerprint density at radius 2 is 1.67 bits per heavy atom. The van der Waals surface area contributed by atoms with Crippen molar-refractivity contribution in [2.75, 3.05) is 19.7 Å². The average molecular weight is 358 g/mol. The van der Waals surface area contributed by atoms with E-state index in [9.17, 15) is 0 Å². The van der Waals surface area contributed by atoms with Crippen molar-refractivity contribution in [1.29, 1.82) is 0 Å². The van der Waals surface area contributed by atoms with Crippen LogP contribution in [0.25, 0.3) is 10.8 Å². The predicted octanol–water partition coefficient (Wildman–Crippen LogP) is 4.36. The summed E-state index contributed by atoms with van der Waals surface area (Å²) in [6.07, 6.45) is 2.26. The molecule has 0 aliphatic carbocycles. The van der Waals surface area contributed by atoms with Gasteiger partial charge in [0.25, 0.3) is 0 Å². The third kappa shape index (κ3) is 3.33. The molecule has 1 spiro atoms. The molecule has 0 radical (unpaired) electrons. The highest BCUT2D eigenvalue weighted by molar-refractivity contribution is 5.85. The first kappa shape index (κ1) is 16.8. The van der Waals surface area contributed by atoms with E-state index >= 15 is 0 Å². The third-order valence-corrected chi connectivity index (χ3v) is 6.22. The molecule has 27 heavy (non-hydrogen) atoms. The van der Waals surface area contributed by atoms with Gasteiger partial charge in [-0.3, -0.25) is 4.90 Å². The van der Waals surface area contributed by atoms with Crippen molar-refractivity contribution in [3.63, 3.8) is 0 Å². The lowest BCUT2D eigenvalue weighted by Gasteiger charge is -2.41. The predicted molar refractivity (Wildman–Crippen MR) is 110 cm³/mol. The summed E-state index contributed by atoms with van der Waals surface area (Å²) in [5, 5.41) is 6.53. The summed E-state index contributed by atoms with van der Waals surface area (Å²) >= 11 is 0. The lowest BCUT2D eigenvalue weighted by Crippen LogP contribution is -2.55. The third-order valence-electron chi connectivity index (χ3n) is 6.22. The number of fused-ring (bicyclic) bond motifs is 2. The number of hydrogen-bond donors (Lipinski definition) is 1. The Morgan fingerprint density at radius 1 is 0.889 bits per heavy atom. The van der Waals surface area contributed by atoms with Gasteiger partial charge in [-0.2, -0.15) is 0 Å². The molecule has 0 aromatic heterocycles. The van der Waals surface area contributed by atoms with Crippen LogP contribution in [-0.2, 0) is 13.1 Å². The van der Waals surface area contributed by atoms with E-state index in [1.807, 2.05) is 0 Å². The van der Waals surface area contributed by atoms with Crippen molar-refractivity contribution in [3.8, 4) is 5.75 Å². The Bertz CT molecular complexity index is 910. The van der Waals surface area contributed by atoms with E-state index in [4.69, 9.17) is 4.74 Å². The zero-order chi connectivity index (χ0) is 18.1. The highest BCUT2D eigenvalue weighted by atomic mass is 16.5. The lowest BCUT2D eigenvalue weighted by molar-refractivity contribution is 0.0906. The zero-order valence-electron chi connectivity index (χ0n) is 15.7.